The monoisotopic (exact) mass is 236 g/mol. The fourth-order valence-corrected chi connectivity index (χ4v) is 1.84. The van der Waals surface area contributed by atoms with Gasteiger partial charge in [0, 0.05) is 19.7 Å². The quantitative estimate of drug-likeness (QED) is 0.780. The molecule has 5 heteroatoms. The highest BCUT2D eigenvalue weighted by molar-refractivity contribution is 5.85. The Kier molecular flexibility index (Phi) is 7.74. The van der Waals surface area contributed by atoms with Gasteiger partial charge < -0.3 is 15.4 Å². The van der Waals surface area contributed by atoms with Crippen molar-refractivity contribution in [3.05, 3.63) is 0 Å². The molecule has 1 aliphatic heterocycles. The Morgan fingerprint density at radius 3 is 2.93 bits per heavy atom. The van der Waals surface area contributed by atoms with E-state index in [4.69, 9.17) is 10.5 Å². The molecule has 1 atom stereocenters. The maximum absolute atomic E-state index is 11.3. The molecule has 90 valence electrons. The van der Waals surface area contributed by atoms with Crippen LogP contribution in [0.3, 0.4) is 0 Å². The van der Waals surface area contributed by atoms with E-state index in [1.54, 1.807) is 0 Å². The molecule has 1 unspecified atom stereocenters. The lowest BCUT2D eigenvalue weighted by Gasteiger charge is -2.32. The van der Waals surface area contributed by atoms with Gasteiger partial charge in [0.05, 0.1) is 13.2 Å². The first-order valence-corrected chi connectivity index (χ1v) is 5.33. The van der Waals surface area contributed by atoms with Crippen LogP contribution in [0.15, 0.2) is 0 Å². The molecular formula is C10H21ClN2O2. The van der Waals surface area contributed by atoms with E-state index in [1.807, 2.05) is 11.8 Å². The molecule has 1 rings (SSSR count). The number of rotatable bonds is 4. The molecule has 0 saturated carbocycles. The van der Waals surface area contributed by atoms with E-state index in [2.05, 4.69) is 0 Å². The van der Waals surface area contributed by atoms with Gasteiger partial charge in [-0.2, -0.15) is 0 Å². The summed E-state index contributed by atoms with van der Waals surface area (Å²) in [5.74, 6) is 0.561. The highest BCUT2D eigenvalue weighted by Crippen LogP contribution is 2.16. The number of carbonyl (C=O) groups is 1. The van der Waals surface area contributed by atoms with Crippen molar-refractivity contribution < 1.29 is 9.53 Å². The van der Waals surface area contributed by atoms with E-state index in [0.717, 1.165) is 39.1 Å². The Bertz CT molecular complexity index is 190. The number of halogens is 1. The fraction of sp³-hybridized carbons (Fsp3) is 0.900. The van der Waals surface area contributed by atoms with E-state index in [9.17, 15) is 4.79 Å². The van der Waals surface area contributed by atoms with Gasteiger partial charge in [-0.25, -0.2) is 0 Å². The molecule has 1 amide bonds. The molecule has 0 aliphatic carbocycles. The second-order valence-electron chi connectivity index (χ2n) is 3.71. The Morgan fingerprint density at radius 1 is 1.60 bits per heavy atom. The summed E-state index contributed by atoms with van der Waals surface area (Å²) in [5, 5.41) is 0. The fourth-order valence-electron chi connectivity index (χ4n) is 1.84. The van der Waals surface area contributed by atoms with Crippen molar-refractivity contribution in [2.24, 2.45) is 11.7 Å². The summed E-state index contributed by atoms with van der Waals surface area (Å²) in [6.07, 6.45) is 2.23. The molecule has 4 nitrogen and oxygen atoms in total. The average Bonchev–Trinajstić information content (AvgIpc) is 2.25. The zero-order valence-electron chi connectivity index (χ0n) is 9.28. The Labute approximate surface area is 97.5 Å². The molecule has 1 heterocycles. The molecule has 0 spiro atoms. The Hall–Kier alpha value is -0.320. The number of hydrogen-bond donors (Lipinski definition) is 1. The molecular weight excluding hydrogens is 216 g/mol. The molecule has 0 aromatic carbocycles. The summed E-state index contributed by atoms with van der Waals surface area (Å²) in [5.41, 5.74) is 5.33. The van der Waals surface area contributed by atoms with Crippen molar-refractivity contribution in [3.63, 3.8) is 0 Å². The molecule has 15 heavy (non-hydrogen) atoms. The molecule has 0 aromatic rings. The van der Waals surface area contributed by atoms with Crippen molar-refractivity contribution in [3.8, 4) is 0 Å². The molecule has 0 bridgehead atoms. The van der Waals surface area contributed by atoms with Crippen LogP contribution < -0.4 is 5.73 Å². The molecule has 1 fully saturated rings. The summed E-state index contributed by atoms with van der Waals surface area (Å²) < 4.78 is 5.37. The summed E-state index contributed by atoms with van der Waals surface area (Å²) in [4.78, 5) is 13.2. The molecule has 1 aliphatic rings. The predicted octanol–water partition coefficient (Wildman–Crippen LogP) is 0.642. The van der Waals surface area contributed by atoms with Crippen LogP contribution in [-0.2, 0) is 9.53 Å². The number of amides is 1. The van der Waals surface area contributed by atoms with Gasteiger partial charge in [0.25, 0.3) is 0 Å². The third kappa shape index (κ3) is 4.82. The van der Waals surface area contributed by atoms with Crippen LogP contribution in [0.2, 0.25) is 0 Å². The number of piperidine rings is 1. The number of nitrogens with zero attached hydrogens (tertiary/aromatic N) is 1. The number of likely N-dealkylation sites (tertiary alicyclic amines) is 1. The van der Waals surface area contributed by atoms with Crippen molar-refractivity contribution in [2.45, 2.75) is 19.8 Å². The minimum absolute atomic E-state index is 0. The normalized spacial score (nSPS) is 20.9. The van der Waals surface area contributed by atoms with Crippen molar-refractivity contribution in [2.75, 3.05) is 32.8 Å². The first kappa shape index (κ1) is 14.7. The van der Waals surface area contributed by atoms with Crippen molar-refractivity contribution in [1.29, 1.82) is 0 Å². The summed E-state index contributed by atoms with van der Waals surface area (Å²) in [6, 6.07) is 0. The van der Waals surface area contributed by atoms with Crippen molar-refractivity contribution >= 4 is 18.3 Å². The predicted molar refractivity (Wildman–Crippen MR) is 62.1 cm³/mol. The van der Waals surface area contributed by atoms with Gasteiger partial charge in [0.1, 0.15) is 0 Å². The average molecular weight is 237 g/mol. The minimum atomic E-state index is 0. The lowest BCUT2D eigenvalue weighted by Crippen LogP contribution is -2.43. The van der Waals surface area contributed by atoms with Crippen LogP contribution in [0.4, 0.5) is 0 Å². The van der Waals surface area contributed by atoms with Crippen LogP contribution in [0.5, 0.6) is 0 Å². The molecule has 0 aromatic heterocycles. The van der Waals surface area contributed by atoms with Gasteiger partial charge in [-0.1, -0.05) is 0 Å². The van der Waals surface area contributed by atoms with Gasteiger partial charge in [-0.15, -0.1) is 12.4 Å². The molecule has 0 radical (unpaired) electrons. The first-order chi connectivity index (χ1) is 6.77. The third-order valence-corrected chi connectivity index (χ3v) is 2.60. The van der Waals surface area contributed by atoms with Crippen LogP contribution in [0.1, 0.15) is 19.8 Å². The van der Waals surface area contributed by atoms with Crippen LogP contribution in [0, 0.1) is 5.92 Å². The van der Waals surface area contributed by atoms with Gasteiger partial charge >= 0.3 is 0 Å². The third-order valence-electron chi connectivity index (χ3n) is 2.60. The highest BCUT2D eigenvalue weighted by Gasteiger charge is 2.22. The van der Waals surface area contributed by atoms with E-state index in [-0.39, 0.29) is 24.9 Å². The molecule has 1 saturated heterocycles. The van der Waals surface area contributed by atoms with Gasteiger partial charge in [-0.05, 0) is 25.7 Å². The van der Waals surface area contributed by atoms with Gasteiger partial charge in [-0.3, -0.25) is 4.79 Å². The smallest absolute Gasteiger partial charge is 0.236 e. The van der Waals surface area contributed by atoms with E-state index in [1.165, 1.54) is 0 Å². The topological polar surface area (TPSA) is 55.6 Å². The SMILES string of the molecule is CCOCC1CCCN(C(=O)CN)C1.Cl. The second-order valence-corrected chi connectivity index (χ2v) is 3.71. The summed E-state index contributed by atoms with van der Waals surface area (Å²) >= 11 is 0. The maximum Gasteiger partial charge on any atom is 0.236 e. The lowest BCUT2D eigenvalue weighted by molar-refractivity contribution is -0.131. The Morgan fingerprint density at radius 2 is 2.33 bits per heavy atom. The summed E-state index contributed by atoms with van der Waals surface area (Å²) in [6.45, 7) is 5.31. The van der Waals surface area contributed by atoms with Gasteiger partial charge in [0.2, 0.25) is 5.91 Å². The van der Waals surface area contributed by atoms with Crippen LogP contribution in [0.25, 0.3) is 0 Å². The number of hydrogen-bond acceptors (Lipinski definition) is 3. The van der Waals surface area contributed by atoms with Crippen LogP contribution >= 0.6 is 12.4 Å². The van der Waals surface area contributed by atoms with E-state index in [0.29, 0.717) is 5.92 Å². The number of ether oxygens (including phenoxy) is 1. The van der Waals surface area contributed by atoms with E-state index >= 15 is 0 Å². The second kappa shape index (κ2) is 7.91. The highest BCUT2D eigenvalue weighted by atomic mass is 35.5. The minimum Gasteiger partial charge on any atom is -0.381 e. The van der Waals surface area contributed by atoms with Gasteiger partial charge in [0.15, 0.2) is 0 Å². The van der Waals surface area contributed by atoms with Crippen molar-refractivity contribution in [1.82, 2.24) is 4.90 Å². The number of nitrogens with two attached hydrogens (primary N) is 1. The Balaban J connectivity index is 0.00000196. The zero-order valence-corrected chi connectivity index (χ0v) is 10.1. The maximum atomic E-state index is 11.3. The largest absolute Gasteiger partial charge is 0.381 e. The zero-order chi connectivity index (χ0) is 10.4. The lowest BCUT2D eigenvalue weighted by atomic mass is 9.99. The molecule has 2 N–H and O–H groups in total. The summed E-state index contributed by atoms with van der Waals surface area (Å²) in [7, 11) is 0. The van der Waals surface area contributed by atoms with E-state index < -0.39 is 0 Å². The standard InChI is InChI=1S/C10H20N2O2.ClH/c1-2-14-8-9-4-3-5-12(7-9)10(13)6-11;/h9H,2-8,11H2,1H3;1H. The van der Waals surface area contributed by atoms with Crippen LogP contribution in [-0.4, -0.2) is 43.7 Å². The first-order valence-electron chi connectivity index (χ1n) is 5.33. The number of carbonyl (C=O) groups excluding carboxylic acids is 1.